The summed E-state index contributed by atoms with van der Waals surface area (Å²) in [6, 6.07) is 9.34. The molecule has 2 rings (SSSR count). The number of methoxy groups -OCH3 is 1. The summed E-state index contributed by atoms with van der Waals surface area (Å²) in [5.41, 5.74) is 0.486. The Morgan fingerprint density at radius 3 is 2.52 bits per heavy atom. The SMILES string of the molecule is COc1ccc(C(=O)COc2ccc(Br)c(F)c2)cc1Br. The molecule has 110 valence electrons. The van der Waals surface area contributed by atoms with Crippen LogP contribution in [0.25, 0.3) is 0 Å². The fourth-order valence-corrected chi connectivity index (χ4v) is 2.43. The Morgan fingerprint density at radius 2 is 1.90 bits per heavy atom. The Hall–Kier alpha value is -1.40. The third kappa shape index (κ3) is 4.04. The van der Waals surface area contributed by atoms with Gasteiger partial charge in [-0.2, -0.15) is 0 Å². The summed E-state index contributed by atoms with van der Waals surface area (Å²) in [6.07, 6.45) is 0. The minimum absolute atomic E-state index is 0.167. The Morgan fingerprint density at radius 1 is 1.14 bits per heavy atom. The summed E-state index contributed by atoms with van der Waals surface area (Å²) in [6.45, 7) is -0.167. The smallest absolute Gasteiger partial charge is 0.200 e. The number of carbonyl (C=O) groups excluding carboxylic acids is 1. The molecule has 0 aliphatic carbocycles. The van der Waals surface area contributed by atoms with Crippen LogP contribution >= 0.6 is 31.9 Å². The van der Waals surface area contributed by atoms with E-state index < -0.39 is 5.82 Å². The third-order valence-electron chi connectivity index (χ3n) is 2.73. The normalized spacial score (nSPS) is 10.3. The van der Waals surface area contributed by atoms with Crippen molar-refractivity contribution >= 4 is 37.6 Å². The number of halogens is 3. The molecule has 0 amide bonds. The van der Waals surface area contributed by atoms with Crippen LogP contribution < -0.4 is 9.47 Å². The Balaban J connectivity index is 2.04. The molecule has 0 spiro atoms. The number of rotatable bonds is 5. The number of Topliss-reactive ketones (excluding diaryl/α,β-unsaturated/α-hetero) is 1. The van der Waals surface area contributed by atoms with Crippen molar-refractivity contribution in [2.24, 2.45) is 0 Å². The van der Waals surface area contributed by atoms with Gasteiger partial charge in [-0.1, -0.05) is 0 Å². The van der Waals surface area contributed by atoms with Crippen molar-refractivity contribution in [3.05, 3.63) is 56.7 Å². The summed E-state index contributed by atoms with van der Waals surface area (Å²) >= 11 is 6.37. The molecule has 0 radical (unpaired) electrons. The Bertz CT molecular complexity index is 674. The first kappa shape index (κ1) is 16.0. The van der Waals surface area contributed by atoms with E-state index in [0.29, 0.717) is 26.0 Å². The minimum atomic E-state index is -0.438. The average molecular weight is 418 g/mol. The van der Waals surface area contributed by atoms with Gasteiger partial charge in [0.1, 0.15) is 17.3 Å². The predicted octanol–water partition coefficient (Wildman–Crippen LogP) is 4.62. The zero-order chi connectivity index (χ0) is 15.4. The van der Waals surface area contributed by atoms with E-state index in [-0.39, 0.29) is 12.4 Å². The van der Waals surface area contributed by atoms with Crippen LogP contribution in [0.2, 0.25) is 0 Å². The van der Waals surface area contributed by atoms with E-state index in [4.69, 9.17) is 9.47 Å². The molecule has 0 aliphatic rings. The number of hydrogen-bond acceptors (Lipinski definition) is 3. The van der Waals surface area contributed by atoms with Gasteiger partial charge in [0, 0.05) is 11.6 Å². The highest BCUT2D eigenvalue weighted by Crippen LogP contribution is 2.26. The van der Waals surface area contributed by atoms with E-state index in [1.54, 1.807) is 31.4 Å². The molecule has 2 aromatic carbocycles. The summed E-state index contributed by atoms with van der Waals surface area (Å²) in [7, 11) is 1.55. The second-order valence-electron chi connectivity index (χ2n) is 4.14. The number of hydrogen-bond donors (Lipinski definition) is 0. The van der Waals surface area contributed by atoms with Crippen molar-refractivity contribution in [1.82, 2.24) is 0 Å². The summed E-state index contributed by atoms with van der Waals surface area (Å²) in [4.78, 5) is 12.0. The lowest BCUT2D eigenvalue weighted by molar-refractivity contribution is 0.0921. The second-order valence-corrected chi connectivity index (χ2v) is 5.85. The highest BCUT2D eigenvalue weighted by atomic mass is 79.9. The van der Waals surface area contributed by atoms with Gasteiger partial charge in [-0.05, 0) is 62.2 Å². The van der Waals surface area contributed by atoms with Gasteiger partial charge in [0.2, 0.25) is 0 Å². The van der Waals surface area contributed by atoms with Crippen LogP contribution in [0.1, 0.15) is 10.4 Å². The molecule has 0 heterocycles. The van der Waals surface area contributed by atoms with Crippen LogP contribution in [-0.4, -0.2) is 19.5 Å². The van der Waals surface area contributed by atoms with Gasteiger partial charge >= 0.3 is 0 Å². The van der Waals surface area contributed by atoms with Crippen LogP contribution in [0.15, 0.2) is 45.3 Å². The van der Waals surface area contributed by atoms with E-state index in [1.165, 1.54) is 12.1 Å². The molecular formula is C15H11Br2FO3. The van der Waals surface area contributed by atoms with E-state index in [9.17, 15) is 9.18 Å². The Kier molecular flexibility index (Phi) is 5.36. The van der Waals surface area contributed by atoms with Gasteiger partial charge in [-0.25, -0.2) is 4.39 Å². The van der Waals surface area contributed by atoms with Crippen molar-refractivity contribution in [3.8, 4) is 11.5 Å². The number of ether oxygens (including phenoxy) is 2. The van der Waals surface area contributed by atoms with Crippen molar-refractivity contribution in [2.75, 3.05) is 13.7 Å². The minimum Gasteiger partial charge on any atom is -0.496 e. The van der Waals surface area contributed by atoms with E-state index >= 15 is 0 Å². The number of carbonyl (C=O) groups is 1. The molecule has 0 saturated heterocycles. The lowest BCUT2D eigenvalue weighted by Gasteiger charge is -2.08. The second kappa shape index (κ2) is 7.04. The largest absolute Gasteiger partial charge is 0.496 e. The monoisotopic (exact) mass is 416 g/mol. The molecule has 6 heteroatoms. The van der Waals surface area contributed by atoms with E-state index in [1.807, 2.05) is 0 Å². The van der Waals surface area contributed by atoms with Gasteiger partial charge in [0.25, 0.3) is 0 Å². The molecule has 0 fully saturated rings. The molecule has 0 atom stereocenters. The topological polar surface area (TPSA) is 35.5 Å². The van der Waals surface area contributed by atoms with Gasteiger partial charge in [-0.3, -0.25) is 4.79 Å². The summed E-state index contributed by atoms with van der Waals surface area (Å²) in [5, 5.41) is 0. The molecule has 0 aliphatic heterocycles. The number of benzene rings is 2. The van der Waals surface area contributed by atoms with Crippen molar-refractivity contribution in [1.29, 1.82) is 0 Å². The van der Waals surface area contributed by atoms with Crippen molar-refractivity contribution in [3.63, 3.8) is 0 Å². The molecule has 2 aromatic rings. The van der Waals surface area contributed by atoms with E-state index in [0.717, 1.165) is 0 Å². The van der Waals surface area contributed by atoms with Crippen LogP contribution in [0.3, 0.4) is 0 Å². The zero-order valence-electron chi connectivity index (χ0n) is 11.0. The first-order valence-electron chi connectivity index (χ1n) is 5.96. The molecule has 0 bridgehead atoms. The van der Waals surface area contributed by atoms with Crippen LogP contribution in [0.4, 0.5) is 4.39 Å². The molecule has 0 aromatic heterocycles. The molecule has 21 heavy (non-hydrogen) atoms. The molecule has 0 N–H and O–H groups in total. The molecule has 3 nitrogen and oxygen atoms in total. The highest BCUT2D eigenvalue weighted by molar-refractivity contribution is 9.10. The number of ketones is 1. The molecule has 0 unspecified atom stereocenters. The standard InChI is InChI=1S/C15H11Br2FO3/c1-20-15-5-2-9(6-12(15)17)14(19)8-21-10-3-4-11(16)13(18)7-10/h2-7H,8H2,1H3. The lowest BCUT2D eigenvalue weighted by atomic mass is 10.1. The highest BCUT2D eigenvalue weighted by Gasteiger charge is 2.10. The average Bonchev–Trinajstić information content (AvgIpc) is 2.48. The first-order chi connectivity index (χ1) is 10.0. The molecule has 0 saturated carbocycles. The lowest BCUT2D eigenvalue weighted by Crippen LogP contribution is -2.11. The van der Waals surface area contributed by atoms with Gasteiger partial charge in [-0.15, -0.1) is 0 Å². The predicted molar refractivity (Wildman–Crippen MR) is 84.6 cm³/mol. The maximum absolute atomic E-state index is 13.3. The third-order valence-corrected chi connectivity index (χ3v) is 4.00. The quantitative estimate of drug-likeness (QED) is 0.666. The van der Waals surface area contributed by atoms with Crippen molar-refractivity contribution in [2.45, 2.75) is 0 Å². The van der Waals surface area contributed by atoms with Crippen LogP contribution in [-0.2, 0) is 0 Å². The molecular weight excluding hydrogens is 407 g/mol. The van der Waals surface area contributed by atoms with Crippen molar-refractivity contribution < 1.29 is 18.7 Å². The fraction of sp³-hybridized carbons (Fsp3) is 0.133. The van der Waals surface area contributed by atoms with Gasteiger partial charge in [0.05, 0.1) is 16.1 Å². The van der Waals surface area contributed by atoms with E-state index in [2.05, 4.69) is 31.9 Å². The fourth-order valence-electron chi connectivity index (χ4n) is 1.64. The maximum Gasteiger partial charge on any atom is 0.200 e. The summed E-state index contributed by atoms with van der Waals surface area (Å²) < 4.78 is 24.8. The van der Waals surface area contributed by atoms with Gasteiger partial charge < -0.3 is 9.47 Å². The first-order valence-corrected chi connectivity index (χ1v) is 7.54. The zero-order valence-corrected chi connectivity index (χ0v) is 14.2. The van der Waals surface area contributed by atoms with Crippen LogP contribution in [0, 0.1) is 5.82 Å². The van der Waals surface area contributed by atoms with Gasteiger partial charge in [0.15, 0.2) is 12.4 Å². The summed E-state index contributed by atoms with van der Waals surface area (Å²) in [5.74, 6) is 0.299. The Labute approximate surface area is 138 Å². The maximum atomic E-state index is 13.3. The van der Waals surface area contributed by atoms with Crippen LogP contribution in [0.5, 0.6) is 11.5 Å².